The average Bonchev–Trinajstić information content (AvgIpc) is 2.90. The summed E-state index contributed by atoms with van der Waals surface area (Å²) < 4.78 is 27.2. The molecule has 0 saturated carbocycles. The summed E-state index contributed by atoms with van der Waals surface area (Å²) in [5, 5.41) is 3.00. The third-order valence-electron chi connectivity index (χ3n) is 3.58. The maximum absolute atomic E-state index is 12.3. The van der Waals surface area contributed by atoms with Crippen molar-refractivity contribution in [2.45, 2.75) is 44.9 Å². The first-order chi connectivity index (χ1) is 10.3. The lowest BCUT2D eigenvalue weighted by Gasteiger charge is -2.08. The second-order valence-electron chi connectivity index (χ2n) is 5.71. The number of rotatable bonds is 6. The maximum Gasteiger partial charge on any atom is 0.240 e. The summed E-state index contributed by atoms with van der Waals surface area (Å²) in [5.74, 6) is 0.400. The van der Waals surface area contributed by atoms with Gasteiger partial charge in [-0.2, -0.15) is 0 Å². The number of benzene rings is 1. The molecule has 0 fully saturated rings. The Bertz CT molecular complexity index is 749. The van der Waals surface area contributed by atoms with Crippen LogP contribution in [0.4, 0.5) is 0 Å². The van der Waals surface area contributed by atoms with Gasteiger partial charge in [-0.25, -0.2) is 18.1 Å². The zero-order chi connectivity index (χ0) is 16.3. The van der Waals surface area contributed by atoms with Crippen molar-refractivity contribution in [3.8, 4) is 0 Å². The molecule has 1 aromatic carbocycles. The molecule has 0 atom stereocenters. The van der Waals surface area contributed by atoms with Crippen molar-refractivity contribution in [3.63, 3.8) is 0 Å². The van der Waals surface area contributed by atoms with E-state index in [1.807, 2.05) is 25.3 Å². The Morgan fingerprint density at radius 3 is 2.55 bits per heavy atom. The first-order valence-corrected chi connectivity index (χ1v) is 9.67. The topological polar surface area (TPSA) is 59.1 Å². The highest BCUT2D eigenvalue weighted by molar-refractivity contribution is 7.89. The quantitative estimate of drug-likeness (QED) is 0.878. The molecule has 0 radical (unpaired) electrons. The molecule has 0 amide bonds. The number of hydrogen-bond donors (Lipinski definition) is 1. The lowest BCUT2D eigenvalue weighted by atomic mass is 10.1. The van der Waals surface area contributed by atoms with Gasteiger partial charge in [-0.1, -0.05) is 19.9 Å². The van der Waals surface area contributed by atoms with Crippen LogP contribution in [0.1, 0.15) is 41.6 Å². The van der Waals surface area contributed by atoms with Crippen LogP contribution in [0.5, 0.6) is 0 Å². The molecule has 2 rings (SSSR count). The van der Waals surface area contributed by atoms with Crippen molar-refractivity contribution in [2.24, 2.45) is 0 Å². The smallest absolute Gasteiger partial charge is 0.240 e. The molecule has 2 aromatic rings. The first kappa shape index (κ1) is 17.1. The van der Waals surface area contributed by atoms with Gasteiger partial charge in [-0.15, -0.1) is 11.3 Å². The lowest BCUT2D eigenvalue weighted by molar-refractivity contribution is 0.581. The van der Waals surface area contributed by atoms with E-state index in [4.69, 9.17) is 0 Å². The number of aromatic nitrogens is 1. The third-order valence-corrected chi connectivity index (χ3v) is 5.97. The highest BCUT2D eigenvalue weighted by Crippen LogP contribution is 2.18. The summed E-state index contributed by atoms with van der Waals surface area (Å²) in [6.07, 6.45) is 0.613. The Hall–Kier alpha value is -1.24. The lowest BCUT2D eigenvalue weighted by Crippen LogP contribution is -2.26. The van der Waals surface area contributed by atoms with Crippen molar-refractivity contribution >= 4 is 21.4 Å². The number of sulfonamides is 1. The Balaban J connectivity index is 1.98. The minimum Gasteiger partial charge on any atom is -0.246 e. The van der Waals surface area contributed by atoms with E-state index in [2.05, 4.69) is 23.6 Å². The predicted octanol–water partition coefficient (Wildman–Crippen LogP) is 3.40. The zero-order valence-corrected chi connectivity index (χ0v) is 15.0. The molecule has 1 aromatic heterocycles. The van der Waals surface area contributed by atoms with Crippen LogP contribution in [0.3, 0.4) is 0 Å². The Labute approximate surface area is 136 Å². The summed E-state index contributed by atoms with van der Waals surface area (Å²) >= 11 is 1.58. The van der Waals surface area contributed by atoms with E-state index in [1.54, 1.807) is 23.5 Å². The molecule has 0 saturated heterocycles. The summed E-state index contributed by atoms with van der Waals surface area (Å²) in [4.78, 5) is 4.83. The average molecular weight is 338 g/mol. The SMILES string of the molecule is Cc1ccc(S(=O)(=O)NCCc2nc(C(C)C)cs2)cc1C. The van der Waals surface area contributed by atoms with Crippen molar-refractivity contribution < 1.29 is 8.42 Å². The third kappa shape index (κ3) is 4.15. The molecule has 0 aliphatic rings. The Kier molecular flexibility index (Phi) is 5.36. The maximum atomic E-state index is 12.3. The minimum absolute atomic E-state index is 0.317. The van der Waals surface area contributed by atoms with Gasteiger partial charge in [0, 0.05) is 18.3 Å². The monoisotopic (exact) mass is 338 g/mol. The van der Waals surface area contributed by atoms with E-state index in [1.165, 1.54) is 0 Å². The number of aryl methyl sites for hydroxylation is 2. The molecule has 120 valence electrons. The molecular weight excluding hydrogens is 316 g/mol. The van der Waals surface area contributed by atoms with Gasteiger partial charge in [-0.05, 0) is 43.0 Å². The Morgan fingerprint density at radius 2 is 1.95 bits per heavy atom. The standard InChI is InChI=1S/C16H22N2O2S2/c1-11(2)15-10-21-16(18-15)7-8-17-22(19,20)14-6-5-12(3)13(4)9-14/h5-6,9-11,17H,7-8H2,1-4H3. The Morgan fingerprint density at radius 1 is 1.23 bits per heavy atom. The highest BCUT2D eigenvalue weighted by atomic mass is 32.2. The van der Waals surface area contributed by atoms with Crippen molar-refractivity contribution in [1.82, 2.24) is 9.71 Å². The fourth-order valence-electron chi connectivity index (χ4n) is 1.96. The van der Waals surface area contributed by atoms with Gasteiger partial charge in [0.25, 0.3) is 0 Å². The van der Waals surface area contributed by atoms with E-state index >= 15 is 0 Å². The van der Waals surface area contributed by atoms with Gasteiger partial charge < -0.3 is 0 Å². The first-order valence-electron chi connectivity index (χ1n) is 7.31. The van der Waals surface area contributed by atoms with Gasteiger partial charge in [0.1, 0.15) is 0 Å². The highest BCUT2D eigenvalue weighted by Gasteiger charge is 2.14. The van der Waals surface area contributed by atoms with Crippen LogP contribution in [0.25, 0.3) is 0 Å². The molecule has 1 heterocycles. The number of hydrogen-bond acceptors (Lipinski definition) is 4. The number of nitrogens with one attached hydrogen (secondary N) is 1. The van der Waals surface area contributed by atoms with E-state index in [9.17, 15) is 8.42 Å². The molecule has 0 spiro atoms. The number of nitrogens with zero attached hydrogens (tertiary/aromatic N) is 1. The summed E-state index contributed by atoms with van der Waals surface area (Å²) in [6.45, 7) is 8.44. The predicted molar refractivity (Wildman–Crippen MR) is 91.0 cm³/mol. The molecule has 6 heteroatoms. The molecule has 1 N–H and O–H groups in total. The minimum atomic E-state index is -3.45. The molecule has 0 unspecified atom stereocenters. The van der Waals surface area contributed by atoms with Crippen LogP contribution in [0.15, 0.2) is 28.5 Å². The largest absolute Gasteiger partial charge is 0.246 e. The van der Waals surface area contributed by atoms with Gasteiger partial charge in [0.05, 0.1) is 15.6 Å². The molecule has 0 aliphatic carbocycles. The summed E-state index contributed by atoms with van der Waals surface area (Å²) in [6, 6.07) is 5.18. The van der Waals surface area contributed by atoms with Crippen molar-refractivity contribution in [3.05, 3.63) is 45.4 Å². The van der Waals surface area contributed by atoms with Crippen LogP contribution >= 0.6 is 11.3 Å². The number of thiazole rings is 1. The van der Waals surface area contributed by atoms with Crippen LogP contribution in [-0.4, -0.2) is 19.9 Å². The van der Waals surface area contributed by atoms with Crippen LogP contribution < -0.4 is 4.72 Å². The van der Waals surface area contributed by atoms with E-state index in [0.29, 0.717) is 23.8 Å². The fraction of sp³-hybridized carbons (Fsp3) is 0.438. The molecule has 0 aliphatic heterocycles. The summed E-state index contributed by atoms with van der Waals surface area (Å²) in [5.41, 5.74) is 3.13. The second kappa shape index (κ2) is 6.89. The zero-order valence-electron chi connectivity index (χ0n) is 13.4. The van der Waals surface area contributed by atoms with Gasteiger partial charge in [0.15, 0.2) is 0 Å². The summed E-state index contributed by atoms with van der Waals surface area (Å²) in [7, 11) is -3.45. The fourth-order valence-corrected chi connectivity index (χ4v) is 4.04. The molecule has 22 heavy (non-hydrogen) atoms. The van der Waals surface area contributed by atoms with Crippen LogP contribution in [0, 0.1) is 13.8 Å². The van der Waals surface area contributed by atoms with Crippen LogP contribution in [0.2, 0.25) is 0 Å². The molecule has 4 nitrogen and oxygen atoms in total. The molecular formula is C16H22N2O2S2. The van der Waals surface area contributed by atoms with E-state index < -0.39 is 10.0 Å². The van der Waals surface area contributed by atoms with Crippen molar-refractivity contribution in [2.75, 3.05) is 6.54 Å². The van der Waals surface area contributed by atoms with Gasteiger partial charge in [0.2, 0.25) is 10.0 Å². The van der Waals surface area contributed by atoms with Gasteiger partial charge in [-0.3, -0.25) is 0 Å². The second-order valence-corrected chi connectivity index (χ2v) is 8.42. The van der Waals surface area contributed by atoms with E-state index in [-0.39, 0.29) is 0 Å². The normalized spacial score (nSPS) is 12.0. The van der Waals surface area contributed by atoms with E-state index in [0.717, 1.165) is 21.8 Å². The van der Waals surface area contributed by atoms with Gasteiger partial charge >= 0.3 is 0 Å². The molecule has 0 bridgehead atoms. The van der Waals surface area contributed by atoms with Crippen molar-refractivity contribution in [1.29, 1.82) is 0 Å². The van der Waals surface area contributed by atoms with Crippen LogP contribution in [-0.2, 0) is 16.4 Å².